The van der Waals surface area contributed by atoms with E-state index in [9.17, 15) is 0 Å². The Balaban J connectivity index is 2.39. The fourth-order valence-corrected chi connectivity index (χ4v) is 3.56. The van der Waals surface area contributed by atoms with Crippen LogP contribution in [-0.4, -0.2) is 6.54 Å². The third kappa shape index (κ3) is 3.09. The molecule has 90 valence electrons. The van der Waals surface area contributed by atoms with Gasteiger partial charge in [0.2, 0.25) is 0 Å². The minimum absolute atomic E-state index is 0.326. The van der Waals surface area contributed by atoms with Crippen LogP contribution in [0.4, 0.5) is 0 Å². The van der Waals surface area contributed by atoms with Gasteiger partial charge in [0.25, 0.3) is 0 Å². The quantitative estimate of drug-likeness (QED) is 0.802. The van der Waals surface area contributed by atoms with Gasteiger partial charge >= 0.3 is 0 Å². The van der Waals surface area contributed by atoms with E-state index in [1.54, 1.807) is 0 Å². The van der Waals surface area contributed by atoms with Gasteiger partial charge in [0.05, 0.1) is 6.04 Å². The molecule has 1 unspecified atom stereocenters. The molecule has 0 amide bonds. The van der Waals surface area contributed by atoms with Gasteiger partial charge in [-0.1, -0.05) is 25.1 Å². The molecular formula is C14H16INS. The minimum Gasteiger partial charge on any atom is -0.306 e. The van der Waals surface area contributed by atoms with Crippen LogP contribution in [0, 0.1) is 10.5 Å². The van der Waals surface area contributed by atoms with Gasteiger partial charge in [-0.15, -0.1) is 11.3 Å². The SMILES string of the molecule is CCNC(c1ccc(C)s1)c1ccccc1I. The van der Waals surface area contributed by atoms with Gasteiger partial charge in [-0.3, -0.25) is 0 Å². The van der Waals surface area contributed by atoms with Crippen LogP contribution in [0.2, 0.25) is 0 Å². The summed E-state index contributed by atoms with van der Waals surface area (Å²) in [6.45, 7) is 5.29. The van der Waals surface area contributed by atoms with Gasteiger partial charge in [-0.2, -0.15) is 0 Å². The van der Waals surface area contributed by atoms with E-state index in [4.69, 9.17) is 0 Å². The summed E-state index contributed by atoms with van der Waals surface area (Å²) < 4.78 is 1.32. The Kier molecular flexibility index (Phi) is 4.59. The molecule has 0 aliphatic carbocycles. The van der Waals surface area contributed by atoms with E-state index >= 15 is 0 Å². The summed E-state index contributed by atoms with van der Waals surface area (Å²) >= 11 is 4.29. The van der Waals surface area contributed by atoms with Gasteiger partial charge in [0, 0.05) is 13.3 Å². The first-order valence-corrected chi connectivity index (χ1v) is 7.66. The van der Waals surface area contributed by atoms with Crippen LogP contribution in [0.15, 0.2) is 36.4 Å². The highest BCUT2D eigenvalue weighted by Crippen LogP contribution is 2.30. The molecule has 0 saturated carbocycles. The summed E-state index contributed by atoms with van der Waals surface area (Å²) in [5, 5.41) is 3.57. The summed E-state index contributed by atoms with van der Waals surface area (Å²) in [6, 6.07) is 13.3. The summed E-state index contributed by atoms with van der Waals surface area (Å²) in [5.41, 5.74) is 1.37. The van der Waals surface area contributed by atoms with Crippen molar-refractivity contribution in [1.82, 2.24) is 5.32 Å². The van der Waals surface area contributed by atoms with Crippen molar-refractivity contribution < 1.29 is 0 Å². The fourth-order valence-electron chi connectivity index (χ4n) is 1.89. The fraction of sp³-hybridized carbons (Fsp3) is 0.286. The Bertz CT molecular complexity index is 492. The largest absolute Gasteiger partial charge is 0.306 e. The second kappa shape index (κ2) is 5.98. The predicted octanol–water partition coefficient (Wildman–Crippen LogP) is 4.36. The van der Waals surface area contributed by atoms with Gasteiger partial charge < -0.3 is 5.32 Å². The number of rotatable bonds is 4. The lowest BCUT2D eigenvalue weighted by molar-refractivity contribution is 0.637. The molecule has 0 saturated heterocycles. The van der Waals surface area contributed by atoms with Gasteiger partial charge in [-0.25, -0.2) is 0 Å². The molecule has 1 atom stereocenters. The lowest BCUT2D eigenvalue weighted by Crippen LogP contribution is -2.21. The van der Waals surface area contributed by atoms with E-state index in [0.717, 1.165) is 6.54 Å². The first-order chi connectivity index (χ1) is 8.22. The zero-order chi connectivity index (χ0) is 12.3. The first kappa shape index (κ1) is 13.1. The maximum atomic E-state index is 3.57. The summed E-state index contributed by atoms with van der Waals surface area (Å²) in [7, 11) is 0. The third-order valence-electron chi connectivity index (χ3n) is 2.67. The smallest absolute Gasteiger partial charge is 0.0681 e. The van der Waals surface area contributed by atoms with Crippen molar-refractivity contribution in [2.24, 2.45) is 0 Å². The molecule has 1 aromatic heterocycles. The van der Waals surface area contributed by atoms with Crippen molar-refractivity contribution in [2.75, 3.05) is 6.54 Å². The van der Waals surface area contributed by atoms with Gasteiger partial charge in [0.15, 0.2) is 0 Å². The average molecular weight is 357 g/mol. The normalized spacial score (nSPS) is 12.6. The van der Waals surface area contributed by atoms with Crippen molar-refractivity contribution in [3.05, 3.63) is 55.3 Å². The number of hydrogen-bond donors (Lipinski definition) is 1. The molecule has 0 radical (unpaired) electrons. The molecule has 2 rings (SSSR count). The number of benzene rings is 1. The molecule has 3 heteroatoms. The zero-order valence-corrected chi connectivity index (χ0v) is 13.0. The van der Waals surface area contributed by atoms with Crippen molar-refractivity contribution >= 4 is 33.9 Å². The molecule has 1 aromatic carbocycles. The molecule has 0 bridgehead atoms. The number of thiophene rings is 1. The predicted molar refractivity (Wildman–Crippen MR) is 83.7 cm³/mol. The number of aryl methyl sites for hydroxylation is 1. The molecule has 2 aromatic rings. The van der Waals surface area contributed by atoms with E-state index in [1.807, 2.05) is 11.3 Å². The van der Waals surface area contributed by atoms with Crippen molar-refractivity contribution in [3.63, 3.8) is 0 Å². The Hall–Kier alpha value is -0.390. The molecule has 1 N–H and O–H groups in total. The Morgan fingerprint density at radius 3 is 2.59 bits per heavy atom. The Labute approximate surface area is 120 Å². The zero-order valence-electron chi connectivity index (χ0n) is 10.0. The van der Waals surface area contributed by atoms with Crippen LogP contribution >= 0.6 is 33.9 Å². The number of hydrogen-bond acceptors (Lipinski definition) is 2. The molecule has 0 spiro atoms. The standard InChI is InChI=1S/C14H16INS/c1-3-16-14(13-9-8-10(2)17-13)11-6-4-5-7-12(11)15/h4-9,14,16H,3H2,1-2H3. The average Bonchev–Trinajstić information content (AvgIpc) is 2.74. The van der Waals surface area contributed by atoms with Crippen LogP contribution < -0.4 is 5.32 Å². The number of halogens is 1. The topological polar surface area (TPSA) is 12.0 Å². The molecule has 1 nitrogen and oxygen atoms in total. The lowest BCUT2D eigenvalue weighted by atomic mass is 10.1. The Morgan fingerprint density at radius 1 is 1.24 bits per heavy atom. The maximum Gasteiger partial charge on any atom is 0.0681 e. The van der Waals surface area contributed by atoms with Crippen LogP contribution in [0.5, 0.6) is 0 Å². The monoisotopic (exact) mass is 357 g/mol. The van der Waals surface area contributed by atoms with E-state index in [2.05, 4.69) is 78.2 Å². The van der Waals surface area contributed by atoms with Gasteiger partial charge in [-0.05, 0) is 59.8 Å². The summed E-state index contributed by atoms with van der Waals surface area (Å²) in [5.74, 6) is 0. The molecule has 0 aliphatic rings. The van der Waals surface area contributed by atoms with Crippen LogP contribution in [0.25, 0.3) is 0 Å². The maximum absolute atomic E-state index is 3.57. The van der Waals surface area contributed by atoms with Crippen LogP contribution in [0.3, 0.4) is 0 Å². The molecule has 0 fully saturated rings. The van der Waals surface area contributed by atoms with Crippen LogP contribution in [-0.2, 0) is 0 Å². The molecule has 0 aliphatic heterocycles. The van der Waals surface area contributed by atoms with E-state index in [0.29, 0.717) is 6.04 Å². The second-order valence-corrected chi connectivity index (χ2v) is 6.44. The minimum atomic E-state index is 0.326. The number of nitrogens with one attached hydrogen (secondary N) is 1. The first-order valence-electron chi connectivity index (χ1n) is 5.76. The van der Waals surface area contributed by atoms with E-state index in [1.165, 1.54) is 18.9 Å². The summed E-state index contributed by atoms with van der Waals surface area (Å²) in [6.07, 6.45) is 0. The van der Waals surface area contributed by atoms with Crippen molar-refractivity contribution in [2.45, 2.75) is 19.9 Å². The second-order valence-electron chi connectivity index (χ2n) is 3.96. The lowest BCUT2D eigenvalue weighted by Gasteiger charge is -2.18. The van der Waals surface area contributed by atoms with Gasteiger partial charge in [0.1, 0.15) is 0 Å². The molecule has 17 heavy (non-hydrogen) atoms. The molecular weight excluding hydrogens is 341 g/mol. The highest BCUT2D eigenvalue weighted by atomic mass is 127. The van der Waals surface area contributed by atoms with E-state index < -0.39 is 0 Å². The summed E-state index contributed by atoms with van der Waals surface area (Å²) in [4.78, 5) is 2.77. The molecule has 1 heterocycles. The van der Waals surface area contributed by atoms with Crippen molar-refractivity contribution in [1.29, 1.82) is 0 Å². The Morgan fingerprint density at radius 2 is 2.00 bits per heavy atom. The highest BCUT2D eigenvalue weighted by Gasteiger charge is 2.16. The van der Waals surface area contributed by atoms with E-state index in [-0.39, 0.29) is 0 Å². The van der Waals surface area contributed by atoms with Crippen molar-refractivity contribution in [3.8, 4) is 0 Å². The van der Waals surface area contributed by atoms with Crippen LogP contribution in [0.1, 0.15) is 28.3 Å². The third-order valence-corrected chi connectivity index (χ3v) is 4.72. The highest BCUT2D eigenvalue weighted by molar-refractivity contribution is 14.1.